The number of benzene rings is 2. The Bertz CT molecular complexity index is 1050. The summed E-state index contributed by atoms with van der Waals surface area (Å²) < 4.78 is 31.4. The van der Waals surface area contributed by atoms with Crippen molar-refractivity contribution in [1.29, 1.82) is 0 Å². The van der Waals surface area contributed by atoms with Crippen molar-refractivity contribution >= 4 is 27.3 Å². The number of amides is 1. The van der Waals surface area contributed by atoms with Crippen LogP contribution in [-0.4, -0.2) is 38.4 Å². The van der Waals surface area contributed by atoms with Crippen molar-refractivity contribution in [3.8, 4) is 5.75 Å². The van der Waals surface area contributed by atoms with E-state index in [4.69, 9.17) is 4.74 Å². The number of rotatable bonds is 6. The van der Waals surface area contributed by atoms with E-state index in [1.807, 2.05) is 44.2 Å². The minimum atomic E-state index is -3.45. The molecule has 0 saturated carbocycles. The molecule has 0 fully saturated rings. The van der Waals surface area contributed by atoms with Gasteiger partial charge in [-0.1, -0.05) is 44.2 Å². The molecule has 0 radical (unpaired) electrons. The fraction of sp³-hybridized carbons (Fsp3) is 0.333. The predicted octanol–water partition coefficient (Wildman–Crippen LogP) is 3.40. The van der Waals surface area contributed by atoms with Crippen molar-refractivity contribution in [2.45, 2.75) is 26.3 Å². The summed E-state index contributed by atoms with van der Waals surface area (Å²) in [7, 11) is -1.85. The second kappa shape index (κ2) is 8.24. The lowest BCUT2D eigenvalue weighted by Crippen LogP contribution is -2.30. The minimum Gasteiger partial charge on any atom is -0.497 e. The summed E-state index contributed by atoms with van der Waals surface area (Å²) >= 11 is 0. The second-order valence-corrected chi connectivity index (χ2v) is 9.05. The molecule has 0 spiro atoms. The Hall–Kier alpha value is -2.87. The standard InChI is InChI=1S/C21H25N3O4S/c1-14(2)21(25)24-20(15-8-7-9-16(12-15)28-3)13-19(22-24)17-10-5-6-11-18(17)23-29(4,26)27/h5-12,14,20,23H,13H2,1-4H3/t20-/m0/s1. The Balaban J connectivity index is 2.03. The number of sulfonamides is 1. The maximum atomic E-state index is 12.8. The molecule has 7 nitrogen and oxygen atoms in total. The molecule has 29 heavy (non-hydrogen) atoms. The van der Waals surface area contributed by atoms with Crippen LogP contribution in [0.5, 0.6) is 5.75 Å². The van der Waals surface area contributed by atoms with Gasteiger partial charge in [0.05, 0.1) is 30.8 Å². The van der Waals surface area contributed by atoms with E-state index in [-0.39, 0.29) is 17.9 Å². The normalized spacial score (nSPS) is 16.7. The molecule has 1 aliphatic rings. The number of methoxy groups -OCH3 is 1. The first-order valence-electron chi connectivity index (χ1n) is 9.31. The van der Waals surface area contributed by atoms with Crippen LogP contribution in [0.25, 0.3) is 0 Å². The minimum absolute atomic E-state index is 0.0960. The average Bonchev–Trinajstić information content (AvgIpc) is 3.11. The third-order valence-corrected chi connectivity index (χ3v) is 5.23. The van der Waals surface area contributed by atoms with Crippen molar-refractivity contribution in [1.82, 2.24) is 5.01 Å². The number of nitrogens with zero attached hydrogens (tertiary/aromatic N) is 2. The molecule has 8 heteroatoms. The van der Waals surface area contributed by atoms with Gasteiger partial charge in [0.25, 0.3) is 0 Å². The maximum absolute atomic E-state index is 12.8. The van der Waals surface area contributed by atoms with Crippen LogP contribution < -0.4 is 9.46 Å². The highest BCUT2D eigenvalue weighted by atomic mass is 32.2. The molecule has 1 atom stereocenters. The highest BCUT2D eigenvalue weighted by Gasteiger charge is 2.35. The highest BCUT2D eigenvalue weighted by Crippen LogP contribution is 2.36. The molecule has 1 heterocycles. The summed E-state index contributed by atoms with van der Waals surface area (Å²) in [5, 5.41) is 6.11. The van der Waals surface area contributed by atoms with Gasteiger partial charge < -0.3 is 4.74 Å². The van der Waals surface area contributed by atoms with E-state index in [0.29, 0.717) is 29.1 Å². The Kier molecular flexibility index (Phi) is 5.93. The van der Waals surface area contributed by atoms with E-state index in [1.54, 1.807) is 25.3 Å². The summed E-state index contributed by atoms with van der Waals surface area (Å²) in [5.74, 6) is 0.379. The molecule has 154 valence electrons. The number of carbonyl (C=O) groups excluding carboxylic acids is 1. The van der Waals surface area contributed by atoms with Gasteiger partial charge in [-0.25, -0.2) is 13.4 Å². The summed E-state index contributed by atoms with van der Waals surface area (Å²) in [5.41, 5.74) is 2.66. The molecular formula is C21H25N3O4S. The summed E-state index contributed by atoms with van der Waals surface area (Å²) in [6, 6.07) is 14.3. The van der Waals surface area contributed by atoms with Gasteiger partial charge in [-0.3, -0.25) is 9.52 Å². The smallest absolute Gasteiger partial charge is 0.245 e. The summed E-state index contributed by atoms with van der Waals surface area (Å²) in [6.45, 7) is 3.66. The van der Waals surface area contributed by atoms with Gasteiger partial charge in [0, 0.05) is 17.9 Å². The third-order valence-electron chi connectivity index (χ3n) is 4.64. The third kappa shape index (κ3) is 4.76. The number of anilines is 1. The molecule has 1 amide bonds. The van der Waals surface area contributed by atoms with Crippen LogP contribution in [0.1, 0.15) is 37.4 Å². The molecule has 0 unspecified atom stereocenters. The first-order valence-corrected chi connectivity index (χ1v) is 11.2. The number of hydrazone groups is 1. The van der Waals surface area contributed by atoms with E-state index < -0.39 is 10.0 Å². The zero-order valence-corrected chi connectivity index (χ0v) is 17.7. The van der Waals surface area contributed by atoms with Gasteiger partial charge in [0.2, 0.25) is 15.9 Å². The Labute approximate surface area is 171 Å². The van der Waals surface area contributed by atoms with Gasteiger partial charge in [-0.15, -0.1) is 0 Å². The summed E-state index contributed by atoms with van der Waals surface area (Å²) in [4.78, 5) is 12.8. The average molecular weight is 416 g/mol. The molecule has 2 aromatic carbocycles. The van der Waals surface area contributed by atoms with E-state index in [0.717, 1.165) is 11.8 Å². The van der Waals surface area contributed by atoms with E-state index in [9.17, 15) is 13.2 Å². The van der Waals surface area contributed by atoms with Crippen LogP contribution >= 0.6 is 0 Å². The quantitative estimate of drug-likeness (QED) is 0.783. The predicted molar refractivity (Wildman–Crippen MR) is 113 cm³/mol. The van der Waals surface area contributed by atoms with Crippen LogP contribution in [0.15, 0.2) is 53.6 Å². The molecule has 0 bridgehead atoms. The fourth-order valence-corrected chi connectivity index (χ4v) is 3.85. The molecule has 2 aromatic rings. The van der Waals surface area contributed by atoms with Gasteiger partial charge in [-0.05, 0) is 23.8 Å². The lowest BCUT2D eigenvalue weighted by atomic mass is 9.97. The fourth-order valence-electron chi connectivity index (χ4n) is 3.27. The van der Waals surface area contributed by atoms with Crippen LogP contribution in [0.2, 0.25) is 0 Å². The molecule has 0 aromatic heterocycles. The molecule has 1 N–H and O–H groups in total. The van der Waals surface area contributed by atoms with Crippen molar-refractivity contribution in [2.75, 3.05) is 18.1 Å². The van der Waals surface area contributed by atoms with Gasteiger partial charge in [-0.2, -0.15) is 5.10 Å². The lowest BCUT2D eigenvalue weighted by molar-refractivity contribution is -0.136. The topological polar surface area (TPSA) is 88.1 Å². The number of ether oxygens (including phenoxy) is 1. The van der Waals surface area contributed by atoms with Gasteiger partial charge in [0.15, 0.2) is 0 Å². The lowest BCUT2D eigenvalue weighted by Gasteiger charge is -2.24. The molecule has 0 aliphatic carbocycles. The summed E-state index contributed by atoms with van der Waals surface area (Å²) in [6.07, 6.45) is 1.57. The molecular weight excluding hydrogens is 390 g/mol. The first kappa shape index (κ1) is 20.9. The number of nitrogens with one attached hydrogen (secondary N) is 1. The second-order valence-electron chi connectivity index (χ2n) is 7.30. The van der Waals surface area contributed by atoms with Crippen molar-refractivity contribution < 1.29 is 17.9 Å². The maximum Gasteiger partial charge on any atom is 0.245 e. The highest BCUT2D eigenvalue weighted by molar-refractivity contribution is 7.92. The number of hydrogen-bond acceptors (Lipinski definition) is 5. The van der Waals surface area contributed by atoms with Crippen molar-refractivity contribution in [3.63, 3.8) is 0 Å². The van der Waals surface area contributed by atoms with Crippen LogP contribution in [0.3, 0.4) is 0 Å². The Morgan fingerprint density at radius 3 is 2.59 bits per heavy atom. The largest absolute Gasteiger partial charge is 0.497 e. The zero-order valence-electron chi connectivity index (χ0n) is 16.9. The van der Waals surface area contributed by atoms with Crippen molar-refractivity contribution in [3.05, 3.63) is 59.7 Å². The van der Waals surface area contributed by atoms with Gasteiger partial charge >= 0.3 is 0 Å². The van der Waals surface area contributed by atoms with Gasteiger partial charge in [0.1, 0.15) is 5.75 Å². The molecule has 3 rings (SSSR count). The molecule has 0 saturated heterocycles. The molecule has 1 aliphatic heterocycles. The Morgan fingerprint density at radius 1 is 1.21 bits per heavy atom. The number of hydrogen-bond donors (Lipinski definition) is 1. The zero-order chi connectivity index (χ0) is 21.2. The van der Waals surface area contributed by atoms with E-state index in [1.165, 1.54) is 5.01 Å². The first-order chi connectivity index (χ1) is 13.7. The number of para-hydroxylation sites is 1. The van der Waals surface area contributed by atoms with E-state index in [2.05, 4.69) is 9.82 Å². The SMILES string of the molecule is COc1cccc([C@@H]2CC(c3ccccc3NS(C)(=O)=O)=NN2C(=O)C(C)C)c1. The van der Waals surface area contributed by atoms with Crippen LogP contribution in [0, 0.1) is 5.92 Å². The van der Waals surface area contributed by atoms with Crippen molar-refractivity contribution in [2.24, 2.45) is 11.0 Å². The Morgan fingerprint density at radius 2 is 1.93 bits per heavy atom. The number of carbonyl (C=O) groups is 1. The van der Waals surface area contributed by atoms with Crippen LogP contribution in [0.4, 0.5) is 5.69 Å². The monoisotopic (exact) mass is 415 g/mol. The van der Waals surface area contributed by atoms with Crippen LogP contribution in [-0.2, 0) is 14.8 Å². The van der Waals surface area contributed by atoms with E-state index >= 15 is 0 Å².